The number of hydrogen-bond acceptors (Lipinski definition) is 16. The van der Waals surface area contributed by atoms with Gasteiger partial charge in [-0.2, -0.15) is 9.59 Å². The Morgan fingerprint density at radius 3 is 1.44 bits per heavy atom. The highest BCUT2D eigenvalue weighted by Gasteiger charge is 2.35. The maximum absolute atomic E-state index is 13.1. The molecule has 0 aliphatic rings. The van der Waals surface area contributed by atoms with Crippen LogP contribution in [0, 0.1) is 0 Å². The van der Waals surface area contributed by atoms with Crippen molar-refractivity contribution in [2.45, 2.75) is 55.7 Å². The summed E-state index contributed by atoms with van der Waals surface area (Å²) in [5.41, 5.74) is 0. The molecule has 16 nitrogen and oxygen atoms in total. The first-order chi connectivity index (χ1) is 16.7. The normalized spacial score (nSPS) is 15.6. The maximum atomic E-state index is 13.1. The molecule has 0 aliphatic carbocycles. The van der Waals surface area contributed by atoms with E-state index in [9.17, 15) is 33.1 Å². The summed E-state index contributed by atoms with van der Waals surface area (Å²) in [6, 6.07) is 0. The maximum Gasteiger partial charge on any atom is 0.373 e. The van der Waals surface area contributed by atoms with Crippen LogP contribution in [0.3, 0.4) is 0 Å². The van der Waals surface area contributed by atoms with E-state index < -0.39 is 80.2 Å². The molecule has 0 amide bonds. The number of aliphatic hydroxyl groups excluding tert-OH is 9. The summed E-state index contributed by atoms with van der Waals surface area (Å²) in [6.45, 7) is -2.88. The number of hydrogen-bond donors (Lipinski definition) is 9. The number of aliphatic carboxylic acids is 1. The molecule has 0 fully saturated rings. The Bertz CT molecular complexity index is 643. The van der Waals surface area contributed by atoms with E-state index in [0.29, 0.717) is 0 Å². The van der Waals surface area contributed by atoms with Crippen molar-refractivity contribution in [2.24, 2.45) is 0 Å². The number of ketones is 2. The van der Waals surface area contributed by atoms with Crippen LogP contribution in [0.2, 0.25) is 0 Å². The van der Waals surface area contributed by atoms with Gasteiger partial charge in [-0.25, -0.2) is 8.78 Å². The van der Waals surface area contributed by atoms with Gasteiger partial charge < -0.3 is 60.7 Å². The number of rotatable bonds is 14. The van der Waals surface area contributed by atoms with Crippen LogP contribution < -0.4 is 5.11 Å². The van der Waals surface area contributed by atoms with Crippen molar-refractivity contribution in [3.63, 3.8) is 0 Å². The van der Waals surface area contributed by atoms with Crippen LogP contribution in [0.1, 0.15) is 12.8 Å². The molecule has 0 aromatic rings. The van der Waals surface area contributed by atoms with Gasteiger partial charge >= 0.3 is 6.15 Å². The average molecular weight is 539 g/mol. The zero-order valence-electron chi connectivity index (χ0n) is 18.5. The highest BCUT2D eigenvalue weighted by atomic mass is 19.1. The first-order valence-corrected chi connectivity index (χ1v) is 9.52. The molecule has 0 saturated heterocycles. The van der Waals surface area contributed by atoms with E-state index in [1.165, 1.54) is 0 Å². The van der Waals surface area contributed by atoms with Crippen LogP contribution in [0.15, 0.2) is 0 Å². The molecule has 0 rings (SSSR count). The Balaban J connectivity index is -0.000000213. The summed E-state index contributed by atoms with van der Waals surface area (Å²) >= 11 is 0. The van der Waals surface area contributed by atoms with E-state index in [4.69, 9.17) is 55.5 Å². The van der Waals surface area contributed by atoms with Crippen LogP contribution in [0.4, 0.5) is 8.78 Å². The molecule has 0 aromatic heterocycles. The summed E-state index contributed by atoms with van der Waals surface area (Å²) in [4.78, 5) is 55.6. The fourth-order valence-corrected chi connectivity index (χ4v) is 1.64. The van der Waals surface area contributed by atoms with Gasteiger partial charge in [0, 0.05) is 13.2 Å². The number of aliphatic hydroxyl groups is 9. The van der Waals surface area contributed by atoms with Crippen LogP contribution in [-0.4, -0.2) is 145 Å². The largest absolute Gasteiger partial charge is 0.542 e. The standard InChI is InChI=1S/C8H15FO6.C6H11FO4.C3H4O4.CO2/c9-6(4(12)1-2-10)8(15)7(14)5(13)3-11;7-6(5(11)3-9)4(10)1-2-8;4-1-2(5)3(6)7;2-1-3/h4,6-8,10-12,14-15H,1-3H2;3-6,8,10-11H,1-2H2;4H,1H2,(H,6,7);/p-1. The lowest BCUT2D eigenvalue weighted by molar-refractivity contribution is -0.300. The number of carbonyl (C=O) groups excluding carboxylic acids is 6. The molecule has 212 valence electrons. The minimum Gasteiger partial charge on any atom is -0.542 e. The predicted octanol–water partition coefficient (Wildman–Crippen LogP) is -7.31. The third kappa shape index (κ3) is 20.7. The summed E-state index contributed by atoms with van der Waals surface area (Å²) in [7, 11) is 0. The molecule has 36 heavy (non-hydrogen) atoms. The summed E-state index contributed by atoms with van der Waals surface area (Å²) in [5.74, 6) is -4.27. The zero-order chi connectivity index (χ0) is 29.4. The number of alkyl halides is 2. The van der Waals surface area contributed by atoms with Gasteiger partial charge in [-0.1, -0.05) is 0 Å². The Morgan fingerprint density at radius 2 is 1.19 bits per heavy atom. The molecular formula is C18H29F2O16-. The van der Waals surface area contributed by atoms with Crippen LogP contribution >= 0.6 is 0 Å². The minimum atomic E-state index is -2.26. The van der Waals surface area contributed by atoms with Crippen LogP contribution in [0.25, 0.3) is 0 Å². The molecule has 0 aromatic carbocycles. The van der Waals surface area contributed by atoms with Crippen LogP contribution in [0.5, 0.6) is 0 Å². The number of aldehydes is 1. The molecule has 7 unspecified atom stereocenters. The van der Waals surface area contributed by atoms with Gasteiger partial charge in [0.05, 0.1) is 12.2 Å². The molecule has 7 atom stereocenters. The Kier molecular flexibility index (Phi) is 28.7. The SMILES string of the molecule is O=C(CO)C(O)C(O)C(F)C(O)CCO.O=C([O-])C(=O)CO.O=C=O.O=CC(O)C(F)C(O)CCO. The highest BCUT2D eigenvalue weighted by molar-refractivity contribution is 6.32. The van der Waals surface area contributed by atoms with Gasteiger partial charge in [0.1, 0.15) is 37.5 Å². The third-order valence-electron chi connectivity index (χ3n) is 3.56. The Morgan fingerprint density at radius 1 is 0.806 bits per heavy atom. The second kappa shape index (κ2) is 25.5. The van der Waals surface area contributed by atoms with Gasteiger partial charge in [0.25, 0.3) is 0 Å². The van der Waals surface area contributed by atoms with Gasteiger partial charge in [-0.15, -0.1) is 0 Å². The van der Waals surface area contributed by atoms with E-state index in [-0.39, 0.29) is 31.9 Å². The quantitative estimate of drug-likeness (QED) is 0.0731. The molecule has 0 heterocycles. The Labute approximate surface area is 201 Å². The van der Waals surface area contributed by atoms with Crippen molar-refractivity contribution >= 4 is 30.0 Å². The number of Topliss-reactive ketones (excluding diaryl/α,β-unsaturated/α-hetero) is 2. The first-order valence-electron chi connectivity index (χ1n) is 9.52. The van der Waals surface area contributed by atoms with Gasteiger partial charge in [-0.05, 0) is 12.8 Å². The predicted molar refractivity (Wildman–Crippen MR) is 103 cm³/mol. The van der Waals surface area contributed by atoms with Gasteiger partial charge in [-0.3, -0.25) is 9.59 Å². The van der Waals surface area contributed by atoms with Crippen LogP contribution in [-0.2, 0) is 28.8 Å². The van der Waals surface area contributed by atoms with E-state index in [1.54, 1.807) is 0 Å². The van der Waals surface area contributed by atoms with E-state index in [0.717, 1.165) is 0 Å². The second-order valence-electron chi connectivity index (χ2n) is 6.19. The van der Waals surface area contributed by atoms with Crippen molar-refractivity contribution in [1.82, 2.24) is 0 Å². The van der Waals surface area contributed by atoms with E-state index >= 15 is 0 Å². The molecule has 0 spiro atoms. The lowest BCUT2D eigenvalue weighted by atomic mass is 10.00. The van der Waals surface area contributed by atoms with Crippen molar-refractivity contribution in [2.75, 3.05) is 26.4 Å². The van der Waals surface area contributed by atoms with Crippen molar-refractivity contribution in [1.29, 1.82) is 0 Å². The van der Waals surface area contributed by atoms with E-state index in [2.05, 4.69) is 0 Å². The number of carboxylic acids is 1. The van der Waals surface area contributed by atoms with Crippen molar-refractivity contribution in [3.8, 4) is 0 Å². The second-order valence-corrected chi connectivity index (χ2v) is 6.19. The van der Waals surface area contributed by atoms with Gasteiger partial charge in [0.15, 0.2) is 24.4 Å². The summed E-state index contributed by atoms with van der Waals surface area (Å²) < 4.78 is 25.7. The number of carboxylic acid groups (broad SMARTS) is 1. The molecule has 0 aliphatic heterocycles. The minimum absolute atomic E-state index is 0.00522. The first kappa shape index (κ1) is 40.5. The highest BCUT2D eigenvalue weighted by Crippen LogP contribution is 2.12. The smallest absolute Gasteiger partial charge is 0.373 e. The summed E-state index contributed by atoms with van der Waals surface area (Å²) in [6.07, 6.45) is -13.7. The third-order valence-corrected chi connectivity index (χ3v) is 3.56. The fourth-order valence-electron chi connectivity index (χ4n) is 1.64. The topological polar surface area (TPSA) is 308 Å². The zero-order valence-corrected chi connectivity index (χ0v) is 18.5. The number of carbonyl (C=O) groups is 4. The monoisotopic (exact) mass is 539 g/mol. The number of halogens is 2. The molecule has 0 saturated carbocycles. The molecule has 0 bridgehead atoms. The van der Waals surface area contributed by atoms with Crippen molar-refractivity contribution in [3.05, 3.63) is 0 Å². The molecule has 9 N–H and O–H groups in total. The molecule has 0 radical (unpaired) electrons. The molecular weight excluding hydrogens is 510 g/mol. The lowest BCUT2D eigenvalue weighted by Crippen LogP contribution is -2.46. The van der Waals surface area contributed by atoms with Gasteiger partial charge in [0.2, 0.25) is 5.78 Å². The molecule has 18 heteroatoms. The van der Waals surface area contributed by atoms with E-state index in [1.807, 2.05) is 0 Å². The average Bonchev–Trinajstić information content (AvgIpc) is 2.86. The van der Waals surface area contributed by atoms with Crippen molar-refractivity contribution < 1.29 is 88.6 Å². The lowest BCUT2D eigenvalue weighted by Gasteiger charge is -2.23. The Hall–Kier alpha value is -2.64. The summed E-state index contributed by atoms with van der Waals surface area (Å²) in [5, 5.41) is 86.4. The fraction of sp³-hybridized carbons (Fsp3) is 0.722.